The second kappa shape index (κ2) is 4.83. The molecule has 0 fully saturated rings. The average Bonchev–Trinajstić information content (AvgIpc) is 2.84. The van der Waals surface area contributed by atoms with E-state index < -0.39 is 0 Å². The molecule has 0 atom stereocenters. The highest BCUT2D eigenvalue weighted by Gasteiger charge is 2.00. The minimum absolute atomic E-state index is 0.611. The number of anilines is 1. The molecule has 0 aliphatic carbocycles. The van der Waals surface area contributed by atoms with E-state index in [4.69, 9.17) is 0 Å². The molecule has 0 radical (unpaired) electrons. The third kappa shape index (κ3) is 2.85. The van der Waals surface area contributed by atoms with Crippen LogP contribution in [0.15, 0.2) is 24.7 Å². The molecule has 2 rings (SSSR count). The number of hydrogen-bond donors (Lipinski definition) is 2. The molecular formula is C11H17N5. The van der Waals surface area contributed by atoms with Crippen molar-refractivity contribution in [2.24, 2.45) is 5.92 Å². The predicted molar refractivity (Wildman–Crippen MR) is 63.0 cm³/mol. The van der Waals surface area contributed by atoms with E-state index in [1.165, 1.54) is 0 Å². The average molecular weight is 219 g/mol. The molecule has 0 saturated carbocycles. The number of nitrogens with one attached hydrogen (secondary N) is 2. The number of nitrogens with zero attached hydrogens (tertiary/aromatic N) is 3. The molecule has 2 aromatic heterocycles. The Bertz CT molecular complexity index is 415. The van der Waals surface area contributed by atoms with Gasteiger partial charge in [0.1, 0.15) is 0 Å². The van der Waals surface area contributed by atoms with Crippen molar-refractivity contribution < 1.29 is 0 Å². The van der Waals surface area contributed by atoms with Gasteiger partial charge in [-0.1, -0.05) is 13.8 Å². The van der Waals surface area contributed by atoms with Gasteiger partial charge in [0.2, 0.25) is 0 Å². The van der Waals surface area contributed by atoms with Gasteiger partial charge in [-0.05, 0) is 12.0 Å². The number of aromatic amines is 1. The lowest BCUT2D eigenvalue weighted by Crippen LogP contribution is -2.04. The zero-order valence-corrected chi connectivity index (χ0v) is 9.64. The number of hydrogen-bond acceptors (Lipinski definition) is 3. The lowest BCUT2D eigenvalue weighted by atomic mass is 10.2. The van der Waals surface area contributed by atoms with Crippen LogP contribution in [0.1, 0.15) is 19.5 Å². The third-order valence-corrected chi connectivity index (χ3v) is 2.23. The van der Waals surface area contributed by atoms with Crippen LogP contribution in [-0.4, -0.2) is 20.0 Å². The van der Waals surface area contributed by atoms with Crippen molar-refractivity contribution >= 4 is 5.69 Å². The highest BCUT2D eigenvalue weighted by Crippen LogP contribution is 2.08. The Hall–Kier alpha value is -1.78. The maximum absolute atomic E-state index is 4.28. The summed E-state index contributed by atoms with van der Waals surface area (Å²) in [5.41, 5.74) is 2.10. The maximum atomic E-state index is 4.28. The quantitative estimate of drug-likeness (QED) is 0.807. The summed E-state index contributed by atoms with van der Waals surface area (Å²) in [6, 6.07) is 1.95. The van der Waals surface area contributed by atoms with Gasteiger partial charge in [0.15, 0.2) is 0 Å². The molecule has 0 aromatic carbocycles. The summed E-state index contributed by atoms with van der Waals surface area (Å²) in [6.45, 7) is 6.05. The molecule has 5 heteroatoms. The van der Waals surface area contributed by atoms with Crippen molar-refractivity contribution in [3.8, 4) is 0 Å². The van der Waals surface area contributed by atoms with Crippen molar-refractivity contribution in [3.05, 3.63) is 30.4 Å². The van der Waals surface area contributed by atoms with Gasteiger partial charge in [0.25, 0.3) is 0 Å². The van der Waals surface area contributed by atoms with Crippen LogP contribution in [0.3, 0.4) is 0 Å². The van der Waals surface area contributed by atoms with Crippen LogP contribution in [0, 0.1) is 5.92 Å². The van der Waals surface area contributed by atoms with E-state index in [1.807, 2.05) is 23.1 Å². The van der Waals surface area contributed by atoms with Gasteiger partial charge in [-0.3, -0.25) is 9.78 Å². The Labute approximate surface area is 94.9 Å². The van der Waals surface area contributed by atoms with Gasteiger partial charge in [-0.15, -0.1) is 0 Å². The zero-order chi connectivity index (χ0) is 11.4. The molecule has 0 aliphatic rings. The smallest absolute Gasteiger partial charge is 0.0729 e. The van der Waals surface area contributed by atoms with Gasteiger partial charge >= 0.3 is 0 Å². The maximum Gasteiger partial charge on any atom is 0.0729 e. The summed E-state index contributed by atoms with van der Waals surface area (Å²) in [5, 5.41) is 14.4. The van der Waals surface area contributed by atoms with Crippen LogP contribution in [0.2, 0.25) is 0 Å². The molecule has 0 unspecified atom stereocenters. The summed E-state index contributed by atoms with van der Waals surface area (Å²) in [5.74, 6) is 0.611. The monoisotopic (exact) mass is 219 g/mol. The van der Waals surface area contributed by atoms with Crippen molar-refractivity contribution in [1.29, 1.82) is 0 Å². The third-order valence-electron chi connectivity index (χ3n) is 2.23. The normalized spacial score (nSPS) is 10.9. The summed E-state index contributed by atoms with van der Waals surface area (Å²) in [4.78, 5) is 0. The first kappa shape index (κ1) is 10.7. The Morgan fingerprint density at radius 2 is 2.38 bits per heavy atom. The van der Waals surface area contributed by atoms with Crippen LogP contribution < -0.4 is 5.32 Å². The van der Waals surface area contributed by atoms with E-state index in [2.05, 4.69) is 34.5 Å². The van der Waals surface area contributed by atoms with Crippen LogP contribution in [-0.2, 0) is 13.1 Å². The Kier molecular flexibility index (Phi) is 3.24. The van der Waals surface area contributed by atoms with Gasteiger partial charge < -0.3 is 5.32 Å². The lowest BCUT2D eigenvalue weighted by molar-refractivity contribution is 0.483. The van der Waals surface area contributed by atoms with E-state index in [1.54, 1.807) is 6.20 Å². The van der Waals surface area contributed by atoms with Crippen molar-refractivity contribution in [2.45, 2.75) is 26.9 Å². The predicted octanol–water partition coefficient (Wildman–Crippen LogP) is 1.87. The minimum atomic E-state index is 0.611. The highest BCUT2D eigenvalue weighted by molar-refractivity contribution is 5.38. The SMILES string of the molecule is CC(C)Cn1cc(NCc2ccn[nH]2)cn1. The van der Waals surface area contributed by atoms with Crippen molar-refractivity contribution in [3.63, 3.8) is 0 Å². The summed E-state index contributed by atoms with van der Waals surface area (Å²) < 4.78 is 1.96. The molecular weight excluding hydrogens is 202 g/mol. The Morgan fingerprint density at radius 3 is 3.06 bits per heavy atom. The van der Waals surface area contributed by atoms with E-state index in [-0.39, 0.29) is 0 Å². The molecule has 5 nitrogen and oxygen atoms in total. The van der Waals surface area contributed by atoms with Gasteiger partial charge in [0.05, 0.1) is 24.1 Å². The highest BCUT2D eigenvalue weighted by atomic mass is 15.3. The molecule has 2 N–H and O–H groups in total. The molecule has 0 saturated heterocycles. The lowest BCUT2D eigenvalue weighted by Gasteiger charge is -2.03. The molecule has 0 bridgehead atoms. The fourth-order valence-electron chi connectivity index (χ4n) is 1.51. The van der Waals surface area contributed by atoms with Gasteiger partial charge in [-0.25, -0.2) is 0 Å². The molecule has 2 heterocycles. The summed E-state index contributed by atoms with van der Waals surface area (Å²) in [6.07, 6.45) is 5.62. The largest absolute Gasteiger partial charge is 0.377 e. The summed E-state index contributed by atoms with van der Waals surface area (Å²) in [7, 11) is 0. The van der Waals surface area contributed by atoms with Crippen LogP contribution in [0.25, 0.3) is 0 Å². The molecule has 2 aromatic rings. The topological polar surface area (TPSA) is 58.5 Å². The second-order valence-corrected chi connectivity index (χ2v) is 4.28. The van der Waals surface area contributed by atoms with Crippen molar-refractivity contribution in [2.75, 3.05) is 5.32 Å². The minimum Gasteiger partial charge on any atom is -0.377 e. The number of aromatic nitrogens is 4. The second-order valence-electron chi connectivity index (χ2n) is 4.28. The van der Waals surface area contributed by atoms with E-state index in [0.717, 1.165) is 24.5 Å². The first-order valence-electron chi connectivity index (χ1n) is 5.48. The first-order valence-corrected chi connectivity index (χ1v) is 5.48. The van der Waals surface area contributed by atoms with Crippen LogP contribution in [0.4, 0.5) is 5.69 Å². The first-order chi connectivity index (χ1) is 7.74. The fourth-order valence-corrected chi connectivity index (χ4v) is 1.51. The molecule has 86 valence electrons. The number of H-pyrrole nitrogens is 1. The van der Waals surface area contributed by atoms with Crippen LogP contribution in [0.5, 0.6) is 0 Å². The molecule has 0 spiro atoms. The fraction of sp³-hybridized carbons (Fsp3) is 0.455. The van der Waals surface area contributed by atoms with Gasteiger partial charge in [-0.2, -0.15) is 10.2 Å². The van der Waals surface area contributed by atoms with Crippen molar-refractivity contribution in [1.82, 2.24) is 20.0 Å². The molecule has 0 aliphatic heterocycles. The molecule has 0 amide bonds. The summed E-state index contributed by atoms with van der Waals surface area (Å²) >= 11 is 0. The standard InChI is InChI=1S/C11H17N5/c1-9(2)7-16-8-11(6-14-16)12-5-10-3-4-13-15-10/h3-4,6,8-9,12H,5,7H2,1-2H3,(H,13,15). The van der Waals surface area contributed by atoms with Crippen LogP contribution >= 0.6 is 0 Å². The Morgan fingerprint density at radius 1 is 1.50 bits per heavy atom. The number of rotatable bonds is 5. The molecule has 16 heavy (non-hydrogen) atoms. The van der Waals surface area contributed by atoms with Gasteiger partial charge in [0, 0.05) is 18.9 Å². The van der Waals surface area contributed by atoms with E-state index >= 15 is 0 Å². The van der Waals surface area contributed by atoms with E-state index in [0.29, 0.717) is 5.92 Å². The van der Waals surface area contributed by atoms with E-state index in [9.17, 15) is 0 Å². The Balaban J connectivity index is 1.88. The zero-order valence-electron chi connectivity index (χ0n) is 9.64.